The van der Waals surface area contributed by atoms with Gasteiger partial charge < -0.3 is 10.1 Å². The number of halogens is 4. The summed E-state index contributed by atoms with van der Waals surface area (Å²) in [6.45, 7) is 0. The molecule has 0 saturated carbocycles. The lowest BCUT2D eigenvalue weighted by atomic mass is 10.1. The second kappa shape index (κ2) is 9.49. The van der Waals surface area contributed by atoms with Gasteiger partial charge in [-0.1, -0.05) is 11.8 Å². The second-order valence-electron chi connectivity index (χ2n) is 6.08. The van der Waals surface area contributed by atoms with E-state index < -0.39 is 18.0 Å². The zero-order chi connectivity index (χ0) is 22.4. The number of benzene rings is 2. The van der Waals surface area contributed by atoms with Crippen LogP contribution in [0.1, 0.15) is 5.56 Å². The van der Waals surface area contributed by atoms with Crippen molar-refractivity contribution in [1.82, 2.24) is 4.98 Å². The number of carbonyl (C=O) groups excluding carboxylic acids is 1. The number of ether oxygens (including phenoxy) is 1. The summed E-state index contributed by atoms with van der Waals surface area (Å²) in [5.41, 5.74) is 1.73. The van der Waals surface area contributed by atoms with Gasteiger partial charge in [0.1, 0.15) is 22.7 Å². The van der Waals surface area contributed by atoms with Gasteiger partial charge in [0.05, 0.1) is 17.0 Å². The van der Waals surface area contributed by atoms with Gasteiger partial charge >= 0.3 is 6.36 Å². The topological polar surface area (TPSA) is 75.0 Å². The smallest absolute Gasteiger partial charge is 0.406 e. The number of aromatic nitrogens is 1. The Morgan fingerprint density at radius 1 is 1.06 bits per heavy atom. The van der Waals surface area contributed by atoms with Crippen molar-refractivity contribution in [3.05, 3.63) is 72.0 Å². The van der Waals surface area contributed by atoms with Crippen molar-refractivity contribution in [2.24, 2.45) is 0 Å². The van der Waals surface area contributed by atoms with E-state index in [2.05, 4.69) is 15.0 Å². The van der Waals surface area contributed by atoms with Gasteiger partial charge in [0.25, 0.3) is 0 Å². The van der Waals surface area contributed by atoms with Gasteiger partial charge in [0.2, 0.25) is 5.91 Å². The van der Waals surface area contributed by atoms with Gasteiger partial charge in [-0.05, 0) is 60.7 Å². The molecule has 10 heteroatoms. The number of carbonyl (C=O) groups is 1. The summed E-state index contributed by atoms with van der Waals surface area (Å²) in [6.07, 6.45) is -4.80. The molecule has 0 fully saturated rings. The molecule has 5 nitrogen and oxygen atoms in total. The van der Waals surface area contributed by atoms with Gasteiger partial charge in [0, 0.05) is 11.3 Å². The third-order valence-electron chi connectivity index (χ3n) is 3.83. The lowest BCUT2D eigenvalue weighted by Crippen LogP contribution is -2.17. The van der Waals surface area contributed by atoms with E-state index in [1.54, 1.807) is 24.3 Å². The van der Waals surface area contributed by atoms with Crippen molar-refractivity contribution in [2.75, 3.05) is 11.1 Å². The molecule has 0 radical (unpaired) electrons. The maximum atomic E-state index is 13.1. The number of anilines is 1. The molecule has 0 bridgehead atoms. The van der Waals surface area contributed by atoms with E-state index in [1.165, 1.54) is 24.3 Å². The number of pyridine rings is 1. The van der Waals surface area contributed by atoms with E-state index in [4.69, 9.17) is 0 Å². The zero-order valence-electron chi connectivity index (χ0n) is 15.6. The van der Waals surface area contributed by atoms with Gasteiger partial charge in [0.15, 0.2) is 0 Å². The van der Waals surface area contributed by atoms with Crippen molar-refractivity contribution in [2.45, 2.75) is 11.4 Å². The number of nitrogens with one attached hydrogen (secondary N) is 1. The van der Waals surface area contributed by atoms with Crippen molar-refractivity contribution in [3.8, 4) is 23.1 Å². The van der Waals surface area contributed by atoms with E-state index in [0.717, 1.165) is 23.9 Å². The fraction of sp³-hybridized carbons (Fsp3) is 0.0952. The molecule has 1 heterocycles. The van der Waals surface area contributed by atoms with Crippen LogP contribution in [0.3, 0.4) is 0 Å². The van der Waals surface area contributed by atoms with Crippen LogP contribution < -0.4 is 10.1 Å². The van der Waals surface area contributed by atoms with Gasteiger partial charge in [-0.25, -0.2) is 9.37 Å². The van der Waals surface area contributed by atoms with E-state index in [1.807, 2.05) is 6.07 Å². The first-order valence-corrected chi connectivity index (χ1v) is 9.67. The van der Waals surface area contributed by atoms with Crippen LogP contribution in [0, 0.1) is 17.1 Å². The molecule has 0 saturated heterocycles. The highest BCUT2D eigenvalue weighted by Gasteiger charge is 2.30. The summed E-state index contributed by atoms with van der Waals surface area (Å²) in [5, 5.41) is 12.1. The van der Waals surface area contributed by atoms with Crippen LogP contribution in [-0.2, 0) is 4.79 Å². The van der Waals surface area contributed by atoms with Crippen LogP contribution in [0.15, 0.2) is 65.7 Å². The third-order valence-corrected chi connectivity index (χ3v) is 4.82. The van der Waals surface area contributed by atoms with Crippen LogP contribution in [0.5, 0.6) is 5.75 Å². The Labute approximate surface area is 178 Å². The molecule has 1 N–H and O–H groups in total. The average Bonchev–Trinajstić information content (AvgIpc) is 2.73. The van der Waals surface area contributed by atoms with Crippen LogP contribution in [0.2, 0.25) is 0 Å². The minimum Gasteiger partial charge on any atom is -0.406 e. The average molecular weight is 447 g/mol. The third kappa shape index (κ3) is 6.45. The fourth-order valence-corrected chi connectivity index (χ4v) is 3.26. The van der Waals surface area contributed by atoms with E-state index in [-0.39, 0.29) is 22.8 Å². The highest BCUT2D eigenvalue weighted by atomic mass is 32.2. The number of rotatable bonds is 6. The Morgan fingerprint density at radius 2 is 1.74 bits per heavy atom. The molecule has 31 heavy (non-hydrogen) atoms. The molecular weight excluding hydrogens is 434 g/mol. The molecule has 3 rings (SSSR count). The summed E-state index contributed by atoms with van der Waals surface area (Å²) < 4.78 is 53.5. The Hall–Kier alpha value is -3.58. The maximum absolute atomic E-state index is 13.1. The zero-order valence-corrected chi connectivity index (χ0v) is 16.4. The Kier molecular flexibility index (Phi) is 6.77. The minimum atomic E-state index is -4.80. The second-order valence-corrected chi connectivity index (χ2v) is 7.04. The number of alkyl halides is 3. The van der Waals surface area contributed by atoms with Crippen LogP contribution in [0.4, 0.5) is 23.2 Å². The Morgan fingerprint density at radius 3 is 2.35 bits per heavy atom. The predicted octanol–water partition coefficient (Wildman–Crippen LogP) is 5.39. The van der Waals surface area contributed by atoms with Gasteiger partial charge in [-0.3, -0.25) is 4.79 Å². The molecule has 0 aliphatic heterocycles. The van der Waals surface area contributed by atoms with Crippen molar-refractivity contribution >= 4 is 23.4 Å². The Bertz CT molecular complexity index is 1110. The number of nitrogens with zero attached hydrogens (tertiary/aromatic N) is 2. The van der Waals surface area contributed by atoms with Gasteiger partial charge in [-0.2, -0.15) is 5.26 Å². The number of hydrogen-bond acceptors (Lipinski definition) is 5. The van der Waals surface area contributed by atoms with Gasteiger partial charge in [-0.15, -0.1) is 13.2 Å². The first-order chi connectivity index (χ1) is 14.7. The molecule has 3 aromatic rings. The summed E-state index contributed by atoms with van der Waals surface area (Å²) in [4.78, 5) is 16.6. The molecular formula is C21H13F4N3O2S. The summed E-state index contributed by atoms with van der Waals surface area (Å²) in [5.74, 6) is -1.32. The molecule has 0 atom stereocenters. The van der Waals surface area contributed by atoms with E-state index in [0.29, 0.717) is 16.3 Å². The van der Waals surface area contributed by atoms with Crippen molar-refractivity contribution < 1.29 is 27.1 Å². The number of nitriles is 1. The highest BCUT2D eigenvalue weighted by molar-refractivity contribution is 8.00. The minimum absolute atomic E-state index is 0.0879. The summed E-state index contributed by atoms with van der Waals surface area (Å²) >= 11 is 1.03. The lowest BCUT2D eigenvalue weighted by Gasteiger charge is -2.10. The first-order valence-electron chi connectivity index (χ1n) is 8.69. The van der Waals surface area contributed by atoms with Crippen LogP contribution >= 0.6 is 11.8 Å². The number of amides is 1. The lowest BCUT2D eigenvalue weighted by molar-refractivity contribution is -0.274. The molecule has 1 aromatic heterocycles. The summed E-state index contributed by atoms with van der Waals surface area (Å²) in [7, 11) is 0. The maximum Gasteiger partial charge on any atom is 0.573 e. The molecule has 0 aliphatic rings. The first kappa shape index (κ1) is 22.1. The van der Waals surface area contributed by atoms with Crippen LogP contribution in [0.25, 0.3) is 11.3 Å². The van der Waals surface area contributed by atoms with Crippen LogP contribution in [-0.4, -0.2) is 23.0 Å². The molecule has 0 spiro atoms. The van der Waals surface area contributed by atoms with Crippen molar-refractivity contribution in [3.63, 3.8) is 0 Å². The van der Waals surface area contributed by atoms with E-state index in [9.17, 15) is 27.6 Å². The molecule has 2 aromatic carbocycles. The normalized spacial score (nSPS) is 10.9. The monoisotopic (exact) mass is 447 g/mol. The molecule has 0 unspecified atom stereocenters. The fourth-order valence-electron chi connectivity index (χ4n) is 2.49. The Balaban J connectivity index is 1.65. The SMILES string of the molecule is N#Cc1ccc(-c2ccc(F)cc2)nc1SCC(=O)Nc1ccc(OC(F)(F)F)cc1. The number of thioether (sulfide) groups is 1. The standard InChI is InChI=1S/C21H13F4N3O2S/c22-15-4-1-13(2-5-15)18-10-3-14(11-26)20(28-18)31-12-19(29)27-16-6-8-17(9-7-16)30-21(23,24)25/h1-10H,12H2,(H,27,29). The highest BCUT2D eigenvalue weighted by Crippen LogP contribution is 2.27. The summed E-state index contributed by atoms with van der Waals surface area (Å²) in [6, 6.07) is 15.6. The predicted molar refractivity (Wildman–Crippen MR) is 107 cm³/mol. The largest absolute Gasteiger partial charge is 0.573 e. The quantitative estimate of drug-likeness (QED) is 0.405. The molecule has 0 aliphatic carbocycles. The number of hydrogen-bond donors (Lipinski definition) is 1. The van der Waals surface area contributed by atoms with E-state index >= 15 is 0 Å². The molecule has 158 valence electrons. The molecule has 1 amide bonds. The van der Waals surface area contributed by atoms with Crippen molar-refractivity contribution in [1.29, 1.82) is 5.26 Å².